The number of nitrogens with zero attached hydrogens (tertiary/aromatic N) is 1. The van der Waals surface area contributed by atoms with Crippen LogP contribution in [0.4, 0.5) is 0 Å². The second-order valence-corrected chi connectivity index (χ2v) is 5.76. The Bertz CT molecular complexity index is 866. The highest BCUT2D eigenvalue weighted by atomic mass is 16.5. The van der Waals surface area contributed by atoms with E-state index < -0.39 is 0 Å². The van der Waals surface area contributed by atoms with Crippen LogP contribution in [-0.2, 0) is 13.0 Å². The molecule has 0 bridgehead atoms. The summed E-state index contributed by atoms with van der Waals surface area (Å²) in [5.74, 6) is 0.753. The molecule has 3 aromatic rings. The van der Waals surface area contributed by atoms with Crippen LogP contribution in [0.25, 0.3) is 10.9 Å². The summed E-state index contributed by atoms with van der Waals surface area (Å²) in [7, 11) is 1.65. The lowest BCUT2D eigenvalue weighted by Gasteiger charge is -2.15. The highest BCUT2D eigenvalue weighted by Gasteiger charge is 2.10. The Hall–Kier alpha value is -2.55. The van der Waals surface area contributed by atoms with Crippen molar-refractivity contribution in [2.45, 2.75) is 26.3 Å². The third-order valence-electron chi connectivity index (χ3n) is 4.21. The predicted molar refractivity (Wildman–Crippen MR) is 94.3 cm³/mol. The van der Waals surface area contributed by atoms with Gasteiger partial charge in [-0.15, -0.1) is 0 Å². The summed E-state index contributed by atoms with van der Waals surface area (Å²) in [5.41, 5.74) is 3.22. The Morgan fingerprint density at radius 1 is 1.04 bits per heavy atom. The maximum atomic E-state index is 12.5. The van der Waals surface area contributed by atoms with Crippen LogP contribution in [-0.4, -0.2) is 11.7 Å². The molecular weight excluding hydrogens is 286 g/mol. The van der Waals surface area contributed by atoms with E-state index in [0.717, 1.165) is 35.1 Å². The van der Waals surface area contributed by atoms with Crippen LogP contribution >= 0.6 is 0 Å². The van der Waals surface area contributed by atoms with Gasteiger partial charge in [-0.05, 0) is 37.0 Å². The second-order valence-electron chi connectivity index (χ2n) is 5.76. The maximum absolute atomic E-state index is 12.5. The first-order valence-electron chi connectivity index (χ1n) is 7.92. The monoisotopic (exact) mass is 307 g/mol. The molecular formula is C20H21NO2. The van der Waals surface area contributed by atoms with Crippen LogP contribution in [0, 0.1) is 6.92 Å². The fourth-order valence-corrected chi connectivity index (χ4v) is 3.04. The van der Waals surface area contributed by atoms with Crippen LogP contribution < -0.4 is 10.3 Å². The highest BCUT2D eigenvalue weighted by molar-refractivity contribution is 5.87. The molecule has 118 valence electrons. The van der Waals surface area contributed by atoms with E-state index in [1.165, 1.54) is 5.56 Å². The third-order valence-corrected chi connectivity index (χ3v) is 4.21. The molecule has 3 heteroatoms. The van der Waals surface area contributed by atoms with Gasteiger partial charge in [-0.3, -0.25) is 4.79 Å². The number of benzene rings is 2. The van der Waals surface area contributed by atoms with E-state index in [1.54, 1.807) is 13.2 Å². The molecule has 3 rings (SSSR count). The first-order valence-corrected chi connectivity index (χ1v) is 7.92. The smallest absolute Gasteiger partial charge is 0.251 e. The van der Waals surface area contributed by atoms with E-state index >= 15 is 0 Å². The van der Waals surface area contributed by atoms with Crippen molar-refractivity contribution in [3.63, 3.8) is 0 Å². The molecule has 0 N–H and O–H groups in total. The fourth-order valence-electron chi connectivity index (χ4n) is 3.04. The molecule has 0 fully saturated rings. The Balaban J connectivity index is 1.95. The van der Waals surface area contributed by atoms with E-state index in [2.05, 4.69) is 12.1 Å². The van der Waals surface area contributed by atoms with Crippen LogP contribution in [0.1, 0.15) is 17.5 Å². The number of para-hydroxylation sites is 1. The number of rotatable bonds is 5. The second kappa shape index (κ2) is 6.69. The van der Waals surface area contributed by atoms with Gasteiger partial charge in [0.2, 0.25) is 0 Å². The molecule has 3 nitrogen and oxygen atoms in total. The molecule has 0 spiro atoms. The Labute approximate surface area is 136 Å². The molecule has 0 aliphatic rings. The minimum atomic E-state index is 0.0348. The number of ether oxygens (including phenoxy) is 1. The standard InChI is InChI=1S/C20H21NO2/c1-15-14-19(22)21(13-7-10-16-8-4-3-5-9-16)20-17(15)11-6-12-18(20)23-2/h3-6,8-9,11-12,14H,7,10,13H2,1-2H3. The Morgan fingerprint density at radius 2 is 1.83 bits per heavy atom. The van der Waals surface area contributed by atoms with Gasteiger partial charge in [0.15, 0.2) is 0 Å². The fraction of sp³-hybridized carbons (Fsp3) is 0.250. The van der Waals surface area contributed by atoms with Crippen LogP contribution in [0.3, 0.4) is 0 Å². The highest BCUT2D eigenvalue weighted by Crippen LogP contribution is 2.26. The quantitative estimate of drug-likeness (QED) is 0.714. The van der Waals surface area contributed by atoms with Crippen molar-refractivity contribution in [1.29, 1.82) is 0 Å². The van der Waals surface area contributed by atoms with Crippen LogP contribution in [0.5, 0.6) is 5.75 Å². The molecule has 0 radical (unpaired) electrons. The molecule has 2 aromatic carbocycles. The third kappa shape index (κ3) is 3.14. The van der Waals surface area contributed by atoms with Gasteiger partial charge in [-0.1, -0.05) is 42.5 Å². The number of methoxy groups -OCH3 is 1. The molecule has 1 aromatic heterocycles. The molecule has 0 aliphatic carbocycles. The van der Waals surface area contributed by atoms with Crippen LogP contribution in [0.15, 0.2) is 59.4 Å². The summed E-state index contributed by atoms with van der Waals surface area (Å²) in [6.07, 6.45) is 1.87. The summed E-state index contributed by atoms with van der Waals surface area (Å²) in [6.45, 7) is 2.66. The van der Waals surface area contributed by atoms with Crippen molar-refractivity contribution in [2.24, 2.45) is 0 Å². The minimum absolute atomic E-state index is 0.0348. The first kappa shape index (κ1) is 15.3. The van der Waals surface area contributed by atoms with Gasteiger partial charge in [0.1, 0.15) is 5.75 Å². The Kier molecular flexibility index (Phi) is 4.47. The van der Waals surface area contributed by atoms with Crippen molar-refractivity contribution in [1.82, 2.24) is 4.57 Å². The maximum Gasteiger partial charge on any atom is 0.251 e. The molecule has 0 unspecified atom stereocenters. The molecule has 0 atom stereocenters. The van der Waals surface area contributed by atoms with E-state index in [-0.39, 0.29) is 5.56 Å². The number of pyridine rings is 1. The Morgan fingerprint density at radius 3 is 2.57 bits per heavy atom. The van der Waals surface area contributed by atoms with Crippen molar-refractivity contribution in [3.8, 4) is 5.75 Å². The topological polar surface area (TPSA) is 31.2 Å². The average Bonchev–Trinajstić information content (AvgIpc) is 2.58. The van der Waals surface area contributed by atoms with Gasteiger partial charge in [0, 0.05) is 18.0 Å². The molecule has 0 saturated heterocycles. The van der Waals surface area contributed by atoms with E-state index in [4.69, 9.17) is 4.74 Å². The summed E-state index contributed by atoms with van der Waals surface area (Å²) in [5, 5.41) is 1.07. The van der Waals surface area contributed by atoms with Gasteiger partial charge in [-0.2, -0.15) is 0 Å². The summed E-state index contributed by atoms with van der Waals surface area (Å²) in [6, 6.07) is 18.0. The predicted octanol–water partition coefficient (Wildman–Crippen LogP) is 3.95. The van der Waals surface area contributed by atoms with Gasteiger partial charge in [-0.25, -0.2) is 0 Å². The van der Waals surface area contributed by atoms with Crippen molar-refractivity contribution >= 4 is 10.9 Å². The van der Waals surface area contributed by atoms with Gasteiger partial charge in [0.05, 0.1) is 12.6 Å². The average molecular weight is 307 g/mol. The lowest BCUT2D eigenvalue weighted by molar-refractivity contribution is 0.416. The summed E-state index contributed by atoms with van der Waals surface area (Å²) >= 11 is 0. The van der Waals surface area contributed by atoms with E-state index in [1.807, 2.05) is 47.9 Å². The van der Waals surface area contributed by atoms with Gasteiger partial charge in [0.25, 0.3) is 5.56 Å². The SMILES string of the molecule is COc1cccc2c(C)cc(=O)n(CCCc3ccccc3)c12. The minimum Gasteiger partial charge on any atom is -0.495 e. The summed E-state index contributed by atoms with van der Waals surface area (Å²) < 4.78 is 7.32. The van der Waals surface area contributed by atoms with Crippen LogP contribution in [0.2, 0.25) is 0 Å². The van der Waals surface area contributed by atoms with Gasteiger partial charge < -0.3 is 9.30 Å². The number of hydrogen-bond acceptors (Lipinski definition) is 2. The number of aromatic nitrogens is 1. The molecule has 0 amide bonds. The van der Waals surface area contributed by atoms with Crippen molar-refractivity contribution < 1.29 is 4.74 Å². The number of aryl methyl sites for hydroxylation is 3. The first-order chi connectivity index (χ1) is 11.2. The summed E-state index contributed by atoms with van der Waals surface area (Å²) in [4.78, 5) is 12.5. The zero-order valence-electron chi connectivity index (χ0n) is 13.6. The molecule has 1 heterocycles. The zero-order valence-corrected chi connectivity index (χ0v) is 13.6. The van der Waals surface area contributed by atoms with Crippen molar-refractivity contribution in [2.75, 3.05) is 7.11 Å². The van der Waals surface area contributed by atoms with Crippen molar-refractivity contribution in [3.05, 3.63) is 76.1 Å². The lowest BCUT2D eigenvalue weighted by Crippen LogP contribution is -2.21. The van der Waals surface area contributed by atoms with E-state index in [0.29, 0.717) is 6.54 Å². The van der Waals surface area contributed by atoms with Gasteiger partial charge >= 0.3 is 0 Å². The normalized spacial score (nSPS) is 10.9. The number of fused-ring (bicyclic) bond motifs is 1. The lowest BCUT2D eigenvalue weighted by atomic mass is 10.1. The molecule has 0 saturated carbocycles. The largest absolute Gasteiger partial charge is 0.495 e. The van der Waals surface area contributed by atoms with E-state index in [9.17, 15) is 4.79 Å². The molecule has 23 heavy (non-hydrogen) atoms. The molecule has 0 aliphatic heterocycles. The number of hydrogen-bond donors (Lipinski definition) is 0. The zero-order chi connectivity index (χ0) is 16.2.